The van der Waals surface area contributed by atoms with Gasteiger partial charge in [0.15, 0.2) is 0 Å². The highest BCUT2D eigenvalue weighted by molar-refractivity contribution is 5.97. The lowest BCUT2D eigenvalue weighted by atomic mass is 10.1. The van der Waals surface area contributed by atoms with Gasteiger partial charge in [-0.3, -0.25) is 4.79 Å². The van der Waals surface area contributed by atoms with E-state index in [4.69, 9.17) is 4.98 Å². The van der Waals surface area contributed by atoms with Crippen LogP contribution < -0.4 is 0 Å². The van der Waals surface area contributed by atoms with Gasteiger partial charge in [-0.25, -0.2) is 4.98 Å². The van der Waals surface area contributed by atoms with E-state index >= 15 is 0 Å². The summed E-state index contributed by atoms with van der Waals surface area (Å²) in [6.07, 6.45) is 4.62. The molecule has 0 atom stereocenters. The summed E-state index contributed by atoms with van der Waals surface area (Å²) in [6.45, 7) is 2.95. The molecule has 1 aromatic heterocycles. The number of aromatic nitrogens is 2. The van der Waals surface area contributed by atoms with Crippen LogP contribution in [0.15, 0.2) is 18.2 Å². The fraction of sp³-hybridized carbons (Fsp3) is 0.529. The molecule has 1 amide bonds. The van der Waals surface area contributed by atoms with Crippen LogP contribution in [0.3, 0.4) is 0 Å². The first kappa shape index (κ1) is 14.1. The number of aryl methyl sites for hydroxylation is 1. The molecule has 1 fully saturated rings. The Balaban J connectivity index is 1.88. The van der Waals surface area contributed by atoms with Gasteiger partial charge < -0.3 is 9.47 Å². The Morgan fingerprint density at radius 3 is 2.86 bits per heavy atom. The van der Waals surface area contributed by atoms with Crippen LogP contribution >= 0.6 is 0 Å². The number of benzene rings is 1. The highest BCUT2D eigenvalue weighted by Gasteiger charge is 2.28. The number of nitrogens with zero attached hydrogens (tertiary/aromatic N) is 3. The lowest BCUT2D eigenvalue weighted by molar-refractivity contribution is 0.0793. The highest BCUT2D eigenvalue weighted by atomic mass is 16.2. The van der Waals surface area contributed by atoms with Gasteiger partial charge in [-0.1, -0.05) is 13.3 Å². The summed E-state index contributed by atoms with van der Waals surface area (Å²) < 4.78 is 2.17. The molecule has 112 valence electrons. The summed E-state index contributed by atoms with van der Waals surface area (Å²) in [6, 6.07) is 5.88. The van der Waals surface area contributed by atoms with E-state index < -0.39 is 0 Å². The Morgan fingerprint density at radius 1 is 1.43 bits per heavy atom. The average Bonchev–Trinajstić information content (AvgIpc) is 3.28. The number of carbonyl (C=O) groups is 1. The maximum absolute atomic E-state index is 12.4. The monoisotopic (exact) mass is 285 g/mol. The number of imidazole rings is 1. The summed E-state index contributed by atoms with van der Waals surface area (Å²) in [5.74, 6) is 1.87. The predicted octanol–water partition coefficient (Wildman–Crippen LogP) is 3.32. The van der Waals surface area contributed by atoms with Gasteiger partial charge in [0, 0.05) is 32.1 Å². The predicted molar refractivity (Wildman–Crippen MR) is 84.6 cm³/mol. The Morgan fingerprint density at radius 2 is 2.19 bits per heavy atom. The molecule has 1 aliphatic carbocycles. The molecule has 0 bridgehead atoms. The number of fused-ring (bicyclic) bond motifs is 1. The molecule has 0 aliphatic heterocycles. The fourth-order valence-corrected chi connectivity index (χ4v) is 2.78. The van der Waals surface area contributed by atoms with Crippen molar-refractivity contribution in [1.29, 1.82) is 0 Å². The third-order valence-electron chi connectivity index (χ3n) is 4.30. The minimum absolute atomic E-state index is 0.0870. The average molecular weight is 285 g/mol. The Labute approximate surface area is 125 Å². The Hall–Kier alpha value is -1.84. The third kappa shape index (κ3) is 2.67. The lowest BCUT2D eigenvalue weighted by Crippen LogP contribution is -2.27. The van der Waals surface area contributed by atoms with Crippen molar-refractivity contribution >= 4 is 16.9 Å². The Kier molecular flexibility index (Phi) is 3.70. The minimum atomic E-state index is 0.0870. The van der Waals surface area contributed by atoms with Gasteiger partial charge >= 0.3 is 0 Å². The quantitative estimate of drug-likeness (QED) is 0.845. The topological polar surface area (TPSA) is 38.1 Å². The van der Waals surface area contributed by atoms with Gasteiger partial charge in [0.05, 0.1) is 11.0 Å². The van der Waals surface area contributed by atoms with Gasteiger partial charge in [0.1, 0.15) is 5.82 Å². The number of hydrogen-bond acceptors (Lipinski definition) is 2. The van der Waals surface area contributed by atoms with E-state index in [0.29, 0.717) is 5.92 Å². The van der Waals surface area contributed by atoms with Crippen molar-refractivity contribution in [2.75, 3.05) is 13.6 Å². The van der Waals surface area contributed by atoms with Crippen molar-refractivity contribution in [2.45, 2.75) is 38.5 Å². The minimum Gasteiger partial charge on any atom is -0.342 e. The second kappa shape index (κ2) is 5.51. The van der Waals surface area contributed by atoms with Gasteiger partial charge in [-0.2, -0.15) is 0 Å². The van der Waals surface area contributed by atoms with Crippen molar-refractivity contribution in [3.05, 3.63) is 29.6 Å². The maximum atomic E-state index is 12.4. The third-order valence-corrected chi connectivity index (χ3v) is 4.30. The molecule has 21 heavy (non-hydrogen) atoms. The number of hydrogen-bond donors (Lipinski definition) is 0. The molecule has 0 spiro atoms. The molecule has 1 aliphatic rings. The second-order valence-corrected chi connectivity index (χ2v) is 6.09. The van der Waals surface area contributed by atoms with Gasteiger partial charge in [-0.05, 0) is 37.5 Å². The van der Waals surface area contributed by atoms with Crippen LogP contribution in [-0.4, -0.2) is 34.0 Å². The van der Waals surface area contributed by atoms with Crippen LogP contribution in [0, 0.1) is 0 Å². The van der Waals surface area contributed by atoms with Gasteiger partial charge in [-0.15, -0.1) is 0 Å². The smallest absolute Gasteiger partial charge is 0.253 e. The molecule has 4 nitrogen and oxygen atoms in total. The standard InChI is InChI=1S/C17H23N3O/c1-4-5-10-19(2)17(21)13-8-9-15-14(11-13)18-16(20(15)3)12-6-7-12/h8-9,11-12H,4-7,10H2,1-3H3. The van der Waals surface area contributed by atoms with E-state index in [-0.39, 0.29) is 5.91 Å². The molecular weight excluding hydrogens is 262 g/mol. The number of carbonyl (C=O) groups excluding carboxylic acids is 1. The van der Waals surface area contributed by atoms with Crippen molar-refractivity contribution in [3.63, 3.8) is 0 Å². The van der Waals surface area contributed by atoms with Crippen molar-refractivity contribution in [2.24, 2.45) is 7.05 Å². The highest BCUT2D eigenvalue weighted by Crippen LogP contribution is 2.40. The van der Waals surface area contributed by atoms with Crippen molar-refractivity contribution in [1.82, 2.24) is 14.5 Å². The molecule has 4 heteroatoms. The summed E-state index contributed by atoms with van der Waals surface area (Å²) in [5.41, 5.74) is 2.79. The maximum Gasteiger partial charge on any atom is 0.253 e. The summed E-state index contributed by atoms with van der Waals surface area (Å²) in [4.78, 5) is 19.0. The van der Waals surface area contributed by atoms with Crippen molar-refractivity contribution < 1.29 is 4.79 Å². The Bertz CT molecular complexity index is 670. The molecule has 0 radical (unpaired) electrons. The lowest BCUT2D eigenvalue weighted by Gasteiger charge is -2.16. The zero-order valence-electron chi connectivity index (χ0n) is 13.1. The van der Waals surface area contributed by atoms with Crippen LogP contribution in [0.1, 0.15) is 54.7 Å². The molecule has 0 unspecified atom stereocenters. The first-order chi connectivity index (χ1) is 10.1. The molecular formula is C17H23N3O. The van der Waals surface area contributed by atoms with E-state index in [1.165, 1.54) is 12.8 Å². The second-order valence-electron chi connectivity index (χ2n) is 6.09. The number of unbranched alkanes of at least 4 members (excludes halogenated alkanes) is 1. The normalized spacial score (nSPS) is 14.6. The van der Waals surface area contributed by atoms with Crippen LogP contribution in [0.4, 0.5) is 0 Å². The summed E-state index contributed by atoms with van der Waals surface area (Å²) in [7, 11) is 3.94. The molecule has 0 N–H and O–H groups in total. The first-order valence-electron chi connectivity index (χ1n) is 7.83. The van der Waals surface area contributed by atoms with Gasteiger partial charge in [0.25, 0.3) is 5.91 Å². The van der Waals surface area contributed by atoms with E-state index in [0.717, 1.165) is 41.8 Å². The van der Waals surface area contributed by atoms with Crippen LogP contribution in [0.5, 0.6) is 0 Å². The largest absolute Gasteiger partial charge is 0.342 e. The first-order valence-corrected chi connectivity index (χ1v) is 7.83. The number of amides is 1. The van der Waals surface area contributed by atoms with Crippen LogP contribution in [-0.2, 0) is 7.05 Å². The number of rotatable bonds is 5. The summed E-state index contributed by atoms with van der Waals surface area (Å²) >= 11 is 0. The SMILES string of the molecule is CCCCN(C)C(=O)c1ccc2c(c1)nc(C1CC1)n2C. The molecule has 3 rings (SSSR count). The zero-order valence-corrected chi connectivity index (χ0v) is 13.1. The van der Waals surface area contributed by atoms with Gasteiger partial charge in [0.2, 0.25) is 0 Å². The molecule has 2 aromatic rings. The molecule has 1 saturated carbocycles. The van der Waals surface area contributed by atoms with E-state index in [9.17, 15) is 4.79 Å². The molecule has 1 heterocycles. The van der Waals surface area contributed by atoms with E-state index in [1.54, 1.807) is 4.90 Å². The van der Waals surface area contributed by atoms with Crippen molar-refractivity contribution in [3.8, 4) is 0 Å². The molecule has 1 aromatic carbocycles. The fourth-order valence-electron chi connectivity index (χ4n) is 2.78. The summed E-state index contributed by atoms with van der Waals surface area (Å²) in [5, 5.41) is 0. The van der Waals surface area contributed by atoms with Crippen LogP contribution in [0.2, 0.25) is 0 Å². The van der Waals surface area contributed by atoms with Crippen LogP contribution in [0.25, 0.3) is 11.0 Å². The zero-order chi connectivity index (χ0) is 15.0. The van der Waals surface area contributed by atoms with E-state index in [1.807, 2.05) is 25.2 Å². The molecule has 0 saturated heterocycles. The van der Waals surface area contributed by atoms with E-state index in [2.05, 4.69) is 18.5 Å².